The van der Waals surface area contributed by atoms with Crippen molar-refractivity contribution in [2.75, 3.05) is 20.2 Å². The van der Waals surface area contributed by atoms with Crippen LogP contribution in [0.5, 0.6) is 5.88 Å². The lowest BCUT2D eigenvalue weighted by atomic mass is 9.98. The maximum Gasteiger partial charge on any atom is 0.317 e. The second kappa shape index (κ2) is 7.65. The fraction of sp³-hybridized carbons (Fsp3) is 0.350. The van der Waals surface area contributed by atoms with Crippen molar-refractivity contribution in [1.29, 1.82) is 0 Å². The van der Waals surface area contributed by atoms with Crippen molar-refractivity contribution in [3.63, 3.8) is 0 Å². The quantitative estimate of drug-likeness (QED) is 0.766. The van der Waals surface area contributed by atoms with Gasteiger partial charge in [-0.2, -0.15) is 0 Å². The molecule has 0 saturated carbocycles. The number of aromatic nitrogens is 2. The first kappa shape index (κ1) is 17.3. The second-order valence-electron chi connectivity index (χ2n) is 6.64. The van der Waals surface area contributed by atoms with E-state index >= 15 is 0 Å². The summed E-state index contributed by atoms with van der Waals surface area (Å²) in [7, 11) is 1.57. The predicted molar refractivity (Wildman–Crippen MR) is 101 cm³/mol. The zero-order valence-corrected chi connectivity index (χ0v) is 15.2. The van der Waals surface area contributed by atoms with Crippen molar-refractivity contribution in [3.8, 4) is 5.88 Å². The number of fused-ring (bicyclic) bond motifs is 1. The summed E-state index contributed by atoms with van der Waals surface area (Å²) in [6.45, 7) is 1.70. The molecule has 0 bridgehead atoms. The van der Waals surface area contributed by atoms with E-state index in [0.717, 1.165) is 36.0 Å². The highest BCUT2D eigenvalue weighted by Crippen LogP contribution is 2.29. The third kappa shape index (κ3) is 3.72. The van der Waals surface area contributed by atoms with Crippen molar-refractivity contribution in [3.05, 3.63) is 54.0 Å². The molecule has 27 heavy (non-hydrogen) atoms. The molecule has 0 spiro atoms. The summed E-state index contributed by atoms with van der Waals surface area (Å²) in [4.78, 5) is 23.2. The molecule has 2 amide bonds. The standard InChI is InChI=1S/C20H22N4O3/c1-26-18-14(6-4-10-21-18)12-22-20(25)24-11-5-7-15(13-24)19-23-16-8-2-3-9-17(16)27-19/h2-4,6,8-10,15H,5,7,11-13H2,1H3,(H,22,25). The Morgan fingerprint density at radius 1 is 1.33 bits per heavy atom. The van der Waals surface area contributed by atoms with Crippen LogP contribution in [-0.2, 0) is 6.54 Å². The van der Waals surface area contributed by atoms with Crippen LogP contribution in [0.15, 0.2) is 47.0 Å². The van der Waals surface area contributed by atoms with Crippen LogP contribution in [0.1, 0.15) is 30.2 Å². The van der Waals surface area contributed by atoms with E-state index in [4.69, 9.17) is 9.15 Å². The van der Waals surface area contributed by atoms with E-state index in [1.54, 1.807) is 13.3 Å². The second-order valence-corrected chi connectivity index (χ2v) is 6.64. The van der Waals surface area contributed by atoms with E-state index in [1.807, 2.05) is 41.3 Å². The number of hydrogen-bond donors (Lipinski definition) is 1. The minimum Gasteiger partial charge on any atom is -0.481 e. The molecule has 140 valence electrons. The number of oxazole rings is 1. The Kier molecular flexibility index (Phi) is 4.91. The van der Waals surface area contributed by atoms with Crippen molar-refractivity contribution < 1.29 is 13.9 Å². The van der Waals surface area contributed by atoms with Gasteiger partial charge in [-0.15, -0.1) is 0 Å². The number of rotatable bonds is 4. The molecule has 1 saturated heterocycles. The molecule has 7 nitrogen and oxygen atoms in total. The van der Waals surface area contributed by atoms with Crippen LogP contribution in [0.4, 0.5) is 4.79 Å². The van der Waals surface area contributed by atoms with Crippen LogP contribution < -0.4 is 10.1 Å². The minimum absolute atomic E-state index is 0.0956. The van der Waals surface area contributed by atoms with E-state index in [2.05, 4.69) is 15.3 Å². The maximum atomic E-state index is 12.6. The molecule has 2 aromatic heterocycles. The third-order valence-electron chi connectivity index (χ3n) is 4.84. The number of para-hydroxylation sites is 2. The molecule has 0 aliphatic carbocycles. The van der Waals surface area contributed by atoms with Gasteiger partial charge in [0.25, 0.3) is 0 Å². The van der Waals surface area contributed by atoms with Crippen LogP contribution in [0.3, 0.4) is 0 Å². The molecule has 7 heteroatoms. The molecule has 1 aromatic carbocycles. The van der Waals surface area contributed by atoms with Gasteiger partial charge in [0.2, 0.25) is 5.88 Å². The minimum atomic E-state index is -0.0956. The first-order valence-corrected chi connectivity index (χ1v) is 9.10. The number of piperidine rings is 1. The van der Waals surface area contributed by atoms with E-state index in [-0.39, 0.29) is 11.9 Å². The maximum absolute atomic E-state index is 12.6. The average molecular weight is 366 g/mol. The number of nitrogens with zero attached hydrogens (tertiary/aromatic N) is 3. The summed E-state index contributed by atoms with van der Waals surface area (Å²) >= 11 is 0. The van der Waals surface area contributed by atoms with Gasteiger partial charge in [0.05, 0.1) is 13.0 Å². The van der Waals surface area contributed by atoms with Gasteiger partial charge in [0.15, 0.2) is 11.5 Å². The van der Waals surface area contributed by atoms with Crippen LogP contribution in [0.2, 0.25) is 0 Å². The molecule has 1 aliphatic rings. The summed E-state index contributed by atoms with van der Waals surface area (Å²) < 4.78 is 11.1. The summed E-state index contributed by atoms with van der Waals surface area (Å²) in [5.41, 5.74) is 2.50. The molecule has 1 atom stereocenters. The van der Waals surface area contributed by atoms with Crippen molar-refractivity contribution in [2.24, 2.45) is 0 Å². The Hall–Kier alpha value is -3.09. The lowest BCUT2D eigenvalue weighted by molar-refractivity contribution is 0.174. The number of likely N-dealkylation sites (tertiary alicyclic amines) is 1. The van der Waals surface area contributed by atoms with Gasteiger partial charge < -0.3 is 19.4 Å². The zero-order chi connectivity index (χ0) is 18.6. The SMILES string of the molecule is COc1ncccc1CNC(=O)N1CCCC(c2nc3ccccc3o2)C1. The van der Waals surface area contributed by atoms with E-state index in [1.165, 1.54) is 0 Å². The predicted octanol–water partition coefficient (Wildman–Crippen LogP) is 3.32. The highest BCUT2D eigenvalue weighted by molar-refractivity contribution is 5.74. The Labute approximate surface area is 157 Å². The van der Waals surface area contributed by atoms with Crippen LogP contribution in [0, 0.1) is 0 Å². The van der Waals surface area contributed by atoms with Crippen LogP contribution in [0.25, 0.3) is 11.1 Å². The van der Waals surface area contributed by atoms with Gasteiger partial charge in [-0.3, -0.25) is 0 Å². The highest BCUT2D eigenvalue weighted by Gasteiger charge is 2.28. The van der Waals surface area contributed by atoms with Gasteiger partial charge in [-0.05, 0) is 31.0 Å². The third-order valence-corrected chi connectivity index (χ3v) is 4.84. The summed E-state index contributed by atoms with van der Waals surface area (Å²) in [6.07, 6.45) is 3.56. The Balaban J connectivity index is 1.40. The van der Waals surface area contributed by atoms with Gasteiger partial charge in [0, 0.05) is 31.4 Å². The number of amides is 2. The molecule has 3 aromatic rings. The number of nitrogens with one attached hydrogen (secondary N) is 1. The number of ether oxygens (including phenoxy) is 1. The Morgan fingerprint density at radius 2 is 2.22 bits per heavy atom. The molecule has 1 unspecified atom stereocenters. The molecule has 0 radical (unpaired) electrons. The zero-order valence-electron chi connectivity index (χ0n) is 15.2. The van der Waals surface area contributed by atoms with Crippen molar-refractivity contribution in [2.45, 2.75) is 25.3 Å². The number of methoxy groups -OCH3 is 1. The lowest BCUT2D eigenvalue weighted by Crippen LogP contribution is -2.44. The number of carbonyl (C=O) groups excluding carboxylic acids is 1. The average Bonchev–Trinajstić information content (AvgIpc) is 3.16. The molecule has 3 heterocycles. The summed E-state index contributed by atoms with van der Waals surface area (Å²) in [5, 5.41) is 2.96. The molecule has 1 N–H and O–H groups in total. The van der Waals surface area contributed by atoms with Gasteiger partial charge in [0.1, 0.15) is 5.52 Å². The van der Waals surface area contributed by atoms with Crippen molar-refractivity contribution >= 4 is 17.1 Å². The van der Waals surface area contributed by atoms with E-state index < -0.39 is 0 Å². The number of benzene rings is 1. The number of carbonyl (C=O) groups is 1. The first-order valence-electron chi connectivity index (χ1n) is 9.10. The number of pyridine rings is 1. The fourth-order valence-corrected chi connectivity index (χ4v) is 3.45. The Morgan fingerprint density at radius 3 is 3.07 bits per heavy atom. The van der Waals surface area contributed by atoms with Gasteiger partial charge in [-0.1, -0.05) is 18.2 Å². The summed E-state index contributed by atoms with van der Waals surface area (Å²) in [6, 6.07) is 11.4. The molecule has 1 aliphatic heterocycles. The number of hydrogen-bond acceptors (Lipinski definition) is 5. The summed E-state index contributed by atoms with van der Waals surface area (Å²) in [5.74, 6) is 1.35. The smallest absolute Gasteiger partial charge is 0.317 e. The van der Waals surface area contributed by atoms with Crippen molar-refractivity contribution in [1.82, 2.24) is 20.2 Å². The molecule has 1 fully saturated rings. The largest absolute Gasteiger partial charge is 0.481 e. The fourth-order valence-electron chi connectivity index (χ4n) is 3.45. The normalized spacial score (nSPS) is 17.1. The van der Waals surface area contributed by atoms with E-state index in [0.29, 0.717) is 24.9 Å². The number of urea groups is 1. The first-order chi connectivity index (χ1) is 13.2. The molecule has 4 rings (SSSR count). The Bertz CT molecular complexity index is 907. The van der Waals surface area contributed by atoms with Crippen LogP contribution in [-0.4, -0.2) is 41.1 Å². The van der Waals surface area contributed by atoms with Gasteiger partial charge >= 0.3 is 6.03 Å². The lowest BCUT2D eigenvalue weighted by Gasteiger charge is -2.31. The monoisotopic (exact) mass is 366 g/mol. The van der Waals surface area contributed by atoms with Gasteiger partial charge in [-0.25, -0.2) is 14.8 Å². The van der Waals surface area contributed by atoms with Crippen LogP contribution >= 0.6 is 0 Å². The topological polar surface area (TPSA) is 80.5 Å². The molecular weight excluding hydrogens is 344 g/mol. The van der Waals surface area contributed by atoms with E-state index in [9.17, 15) is 4.79 Å². The molecular formula is C20H22N4O3. The highest BCUT2D eigenvalue weighted by atomic mass is 16.5.